The highest BCUT2D eigenvalue weighted by atomic mass is 35.5. The van der Waals surface area contributed by atoms with Gasteiger partial charge >= 0.3 is 0 Å². The Kier molecular flexibility index (Phi) is 8.74. The molecular formula is C15H24Cl2N2O2. The Balaban J connectivity index is 0.00000200. The molecule has 1 saturated heterocycles. The molecule has 0 saturated carbocycles. The van der Waals surface area contributed by atoms with E-state index in [1.807, 2.05) is 6.92 Å². The van der Waals surface area contributed by atoms with E-state index < -0.39 is 0 Å². The third-order valence-corrected chi connectivity index (χ3v) is 3.51. The van der Waals surface area contributed by atoms with E-state index in [0.717, 1.165) is 43.7 Å². The number of aromatic hydroxyl groups is 2. The van der Waals surface area contributed by atoms with Gasteiger partial charge in [0, 0.05) is 43.9 Å². The first-order valence-electron chi connectivity index (χ1n) is 6.69. The molecule has 120 valence electrons. The lowest BCUT2D eigenvalue weighted by molar-refractivity contribution is 0.170. The standard InChI is InChI=1S/C15H22N2O2.2ClH/c1-11(2)9-14(17-7-5-16-6-8-17)13-4-3-12(18)10-15(13)19;;/h3-4,10,14,16,18-19H,1,5-9H2,2H3;2*1H/t14-;;/m1../s1. The molecule has 4 nitrogen and oxygen atoms in total. The Morgan fingerprint density at radius 2 is 1.90 bits per heavy atom. The molecule has 0 radical (unpaired) electrons. The van der Waals surface area contributed by atoms with Gasteiger partial charge in [0.25, 0.3) is 0 Å². The number of piperazine rings is 1. The Hall–Kier alpha value is -0.940. The minimum atomic E-state index is 0. The number of nitrogens with one attached hydrogen (secondary N) is 1. The maximum absolute atomic E-state index is 10.1. The SMILES string of the molecule is C=C(C)C[C@H](c1ccc(O)cc1O)N1CCNCC1.Cl.Cl. The van der Waals surface area contributed by atoms with E-state index >= 15 is 0 Å². The summed E-state index contributed by atoms with van der Waals surface area (Å²) in [7, 11) is 0. The monoisotopic (exact) mass is 334 g/mol. The fourth-order valence-corrected chi connectivity index (χ4v) is 2.57. The van der Waals surface area contributed by atoms with E-state index in [-0.39, 0.29) is 42.4 Å². The van der Waals surface area contributed by atoms with Crippen LogP contribution in [0.25, 0.3) is 0 Å². The number of hydrogen-bond donors (Lipinski definition) is 3. The molecule has 0 unspecified atom stereocenters. The topological polar surface area (TPSA) is 55.7 Å². The number of rotatable bonds is 4. The molecule has 6 heteroatoms. The van der Waals surface area contributed by atoms with Crippen LogP contribution in [0.1, 0.15) is 24.9 Å². The van der Waals surface area contributed by atoms with E-state index in [9.17, 15) is 10.2 Å². The van der Waals surface area contributed by atoms with Gasteiger partial charge in [-0.2, -0.15) is 0 Å². The van der Waals surface area contributed by atoms with Gasteiger partial charge in [-0.3, -0.25) is 4.90 Å². The second-order valence-corrected chi connectivity index (χ2v) is 5.21. The first kappa shape index (κ1) is 20.1. The number of nitrogens with zero attached hydrogens (tertiary/aromatic N) is 1. The van der Waals surface area contributed by atoms with E-state index in [1.54, 1.807) is 12.1 Å². The largest absolute Gasteiger partial charge is 0.508 e. The number of phenolic OH excluding ortho intramolecular Hbond substituents is 2. The van der Waals surface area contributed by atoms with Crippen LogP contribution in [0.2, 0.25) is 0 Å². The zero-order chi connectivity index (χ0) is 13.8. The van der Waals surface area contributed by atoms with E-state index in [1.165, 1.54) is 6.07 Å². The molecular weight excluding hydrogens is 311 g/mol. The molecule has 1 aliphatic rings. The summed E-state index contributed by atoms with van der Waals surface area (Å²) in [5.41, 5.74) is 1.96. The Morgan fingerprint density at radius 1 is 1.29 bits per heavy atom. The highest BCUT2D eigenvalue weighted by Gasteiger charge is 2.24. The van der Waals surface area contributed by atoms with Gasteiger partial charge in [-0.15, -0.1) is 31.4 Å². The second kappa shape index (κ2) is 9.15. The highest BCUT2D eigenvalue weighted by Crippen LogP contribution is 2.35. The second-order valence-electron chi connectivity index (χ2n) is 5.21. The molecule has 0 aliphatic carbocycles. The fourth-order valence-electron chi connectivity index (χ4n) is 2.57. The molecule has 21 heavy (non-hydrogen) atoms. The summed E-state index contributed by atoms with van der Waals surface area (Å²) >= 11 is 0. The van der Waals surface area contributed by atoms with Crippen molar-refractivity contribution in [2.45, 2.75) is 19.4 Å². The molecule has 0 aromatic heterocycles. The number of benzene rings is 1. The fraction of sp³-hybridized carbons (Fsp3) is 0.467. The molecule has 1 aromatic rings. The van der Waals surface area contributed by atoms with Crippen molar-refractivity contribution in [1.29, 1.82) is 0 Å². The minimum absolute atomic E-state index is 0. The van der Waals surface area contributed by atoms with E-state index in [0.29, 0.717) is 0 Å². The maximum Gasteiger partial charge on any atom is 0.124 e. The van der Waals surface area contributed by atoms with Crippen molar-refractivity contribution < 1.29 is 10.2 Å². The number of halogens is 2. The summed E-state index contributed by atoms with van der Waals surface area (Å²) in [6.07, 6.45) is 0.818. The third kappa shape index (κ3) is 5.40. The average Bonchev–Trinajstić information content (AvgIpc) is 2.37. The Morgan fingerprint density at radius 3 is 2.43 bits per heavy atom. The van der Waals surface area contributed by atoms with Crippen molar-refractivity contribution in [3.63, 3.8) is 0 Å². The lowest BCUT2D eigenvalue weighted by Crippen LogP contribution is -2.45. The van der Waals surface area contributed by atoms with Crippen LogP contribution in [0, 0.1) is 0 Å². The van der Waals surface area contributed by atoms with Gasteiger partial charge in [0.2, 0.25) is 0 Å². The predicted molar refractivity (Wildman–Crippen MR) is 90.9 cm³/mol. The van der Waals surface area contributed by atoms with Gasteiger partial charge < -0.3 is 15.5 Å². The Bertz CT molecular complexity index is 463. The van der Waals surface area contributed by atoms with Gasteiger partial charge in [0.15, 0.2) is 0 Å². The van der Waals surface area contributed by atoms with Crippen molar-refractivity contribution in [1.82, 2.24) is 10.2 Å². The van der Waals surface area contributed by atoms with Crippen molar-refractivity contribution in [3.8, 4) is 11.5 Å². The van der Waals surface area contributed by atoms with Crippen molar-refractivity contribution in [2.75, 3.05) is 26.2 Å². The summed E-state index contributed by atoms with van der Waals surface area (Å²) in [6, 6.07) is 4.96. The van der Waals surface area contributed by atoms with E-state index in [2.05, 4.69) is 16.8 Å². The van der Waals surface area contributed by atoms with Crippen LogP contribution in [0.15, 0.2) is 30.4 Å². The number of hydrogen-bond acceptors (Lipinski definition) is 4. The molecule has 0 spiro atoms. The van der Waals surface area contributed by atoms with Crippen LogP contribution >= 0.6 is 24.8 Å². The summed E-state index contributed by atoms with van der Waals surface area (Å²) in [5, 5.41) is 22.8. The van der Waals surface area contributed by atoms with Crippen molar-refractivity contribution in [3.05, 3.63) is 35.9 Å². The molecule has 0 bridgehead atoms. The predicted octanol–water partition coefficient (Wildman–Crippen LogP) is 2.85. The molecule has 1 aromatic carbocycles. The number of phenols is 2. The van der Waals surface area contributed by atoms with Gasteiger partial charge in [0.1, 0.15) is 11.5 Å². The summed E-state index contributed by atoms with van der Waals surface area (Å²) < 4.78 is 0. The molecule has 1 heterocycles. The van der Waals surface area contributed by atoms with Crippen LogP contribution in [0.4, 0.5) is 0 Å². The van der Waals surface area contributed by atoms with Gasteiger partial charge in [-0.1, -0.05) is 11.6 Å². The average molecular weight is 335 g/mol. The molecule has 3 N–H and O–H groups in total. The highest BCUT2D eigenvalue weighted by molar-refractivity contribution is 5.85. The van der Waals surface area contributed by atoms with Crippen LogP contribution in [-0.4, -0.2) is 41.3 Å². The summed E-state index contributed by atoms with van der Waals surface area (Å²) in [4.78, 5) is 2.36. The van der Waals surface area contributed by atoms with Crippen LogP contribution < -0.4 is 5.32 Å². The van der Waals surface area contributed by atoms with Gasteiger partial charge in [-0.05, 0) is 19.4 Å². The van der Waals surface area contributed by atoms with Crippen LogP contribution in [0.3, 0.4) is 0 Å². The molecule has 0 amide bonds. The maximum atomic E-state index is 10.1. The lowest BCUT2D eigenvalue weighted by Gasteiger charge is -2.35. The zero-order valence-corrected chi connectivity index (χ0v) is 13.8. The summed E-state index contributed by atoms with van der Waals surface area (Å²) in [5.74, 6) is 0.250. The van der Waals surface area contributed by atoms with Crippen molar-refractivity contribution in [2.24, 2.45) is 0 Å². The smallest absolute Gasteiger partial charge is 0.124 e. The zero-order valence-electron chi connectivity index (χ0n) is 12.2. The molecule has 1 fully saturated rings. The Labute approximate surface area is 138 Å². The molecule has 1 atom stereocenters. The van der Waals surface area contributed by atoms with Gasteiger partial charge in [-0.25, -0.2) is 0 Å². The molecule has 1 aliphatic heterocycles. The normalized spacial score (nSPS) is 16.4. The minimum Gasteiger partial charge on any atom is -0.508 e. The first-order valence-corrected chi connectivity index (χ1v) is 6.69. The van der Waals surface area contributed by atoms with Crippen LogP contribution in [-0.2, 0) is 0 Å². The third-order valence-electron chi connectivity index (χ3n) is 3.51. The van der Waals surface area contributed by atoms with Gasteiger partial charge in [0.05, 0.1) is 0 Å². The van der Waals surface area contributed by atoms with Crippen LogP contribution in [0.5, 0.6) is 11.5 Å². The van der Waals surface area contributed by atoms with E-state index in [4.69, 9.17) is 0 Å². The lowest BCUT2D eigenvalue weighted by atomic mass is 9.97. The molecule has 2 rings (SSSR count). The first-order chi connectivity index (χ1) is 9.08. The quantitative estimate of drug-likeness (QED) is 0.741. The summed E-state index contributed by atoms with van der Waals surface area (Å²) in [6.45, 7) is 9.84. The van der Waals surface area contributed by atoms with Crippen molar-refractivity contribution >= 4 is 24.8 Å².